The van der Waals surface area contributed by atoms with Crippen LogP contribution in [0.25, 0.3) is 38.9 Å². The predicted molar refractivity (Wildman–Crippen MR) is 152 cm³/mol. The first-order valence-corrected chi connectivity index (χ1v) is 12.9. The Morgan fingerprint density at radius 2 is 1.95 bits per heavy atom. The maximum atomic E-state index is 16.0. The molecule has 3 N–H and O–H groups in total. The summed E-state index contributed by atoms with van der Waals surface area (Å²) in [5.41, 5.74) is 7.34. The molecule has 5 rings (SSSR count). The molecule has 0 aliphatic rings. The third-order valence-corrected chi connectivity index (χ3v) is 6.86. The summed E-state index contributed by atoms with van der Waals surface area (Å²) >= 11 is 1.64. The minimum atomic E-state index is -0.396. The highest BCUT2D eigenvalue weighted by atomic mass is 32.1. The number of rotatable bonds is 9. The fourth-order valence-electron chi connectivity index (χ4n) is 4.33. The van der Waals surface area contributed by atoms with Gasteiger partial charge in [-0.1, -0.05) is 26.5 Å². The van der Waals surface area contributed by atoms with Crippen LogP contribution in [0.1, 0.15) is 31.0 Å². The van der Waals surface area contributed by atoms with E-state index in [0.29, 0.717) is 39.2 Å². The lowest BCUT2D eigenvalue weighted by Gasteiger charge is -2.13. The molecule has 0 atom stereocenters. The fraction of sp³-hybridized carbons (Fsp3) is 0.138. The molecule has 0 unspecified atom stereocenters. The molecule has 8 heteroatoms. The molecule has 0 saturated carbocycles. The molecular formula is C29H27FN6S. The second-order valence-corrected chi connectivity index (χ2v) is 9.59. The number of allylic oxidation sites excluding steroid dienone is 1. The Hall–Kier alpha value is -4.30. The topological polar surface area (TPSA) is 78.5 Å². The highest BCUT2D eigenvalue weighted by Crippen LogP contribution is 2.34. The molecule has 4 heterocycles. The summed E-state index contributed by atoms with van der Waals surface area (Å²) < 4.78 is 16.0. The number of aromatic amines is 1. The molecular weight excluding hydrogens is 483 g/mol. The van der Waals surface area contributed by atoms with Crippen LogP contribution >= 0.6 is 11.3 Å². The van der Waals surface area contributed by atoms with Gasteiger partial charge in [0.05, 0.1) is 28.5 Å². The van der Waals surface area contributed by atoms with Crippen molar-refractivity contribution in [1.82, 2.24) is 20.2 Å². The van der Waals surface area contributed by atoms with Gasteiger partial charge in [0.25, 0.3) is 0 Å². The van der Waals surface area contributed by atoms with E-state index in [9.17, 15) is 0 Å². The number of nitrogens with one attached hydrogen (secondary N) is 3. The second-order valence-electron chi connectivity index (χ2n) is 8.81. The summed E-state index contributed by atoms with van der Waals surface area (Å²) in [6.45, 7) is 12.3. The normalized spacial score (nSPS) is 11.0. The van der Waals surface area contributed by atoms with Crippen LogP contribution in [0.3, 0.4) is 0 Å². The van der Waals surface area contributed by atoms with Gasteiger partial charge in [-0.3, -0.25) is 10.1 Å². The largest absolute Gasteiger partial charge is 0.358 e. The van der Waals surface area contributed by atoms with Crippen molar-refractivity contribution in [2.75, 3.05) is 10.6 Å². The van der Waals surface area contributed by atoms with Crippen molar-refractivity contribution in [2.45, 2.75) is 26.7 Å². The average molecular weight is 511 g/mol. The number of anilines is 2. The molecule has 186 valence electrons. The molecule has 0 aliphatic carbocycles. The van der Waals surface area contributed by atoms with Crippen molar-refractivity contribution in [3.05, 3.63) is 95.6 Å². The number of hydrogen-bond acceptors (Lipinski definition) is 6. The van der Waals surface area contributed by atoms with Gasteiger partial charge in [0, 0.05) is 29.2 Å². The Morgan fingerprint density at radius 3 is 2.73 bits per heavy atom. The zero-order valence-electron chi connectivity index (χ0n) is 20.7. The summed E-state index contributed by atoms with van der Waals surface area (Å²) in [4.78, 5) is 8.79. The minimum Gasteiger partial charge on any atom is -0.358 e. The first-order chi connectivity index (χ1) is 18.0. The molecule has 4 aromatic heterocycles. The first-order valence-electron chi connectivity index (χ1n) is 12.0. The molecule has 0 bridgehead atoms. The number of pyridine rings is 2. The molecule has 37 heavy (non-hydrogen) atoms. The predicted octanol–water partition coefficient (Wildman–Crippen LogP) is 8.00. The Labute approximate surface area is 219 Å². The van der Waals surface area contributed by atoms with Gasteiger partial charge >= 0.3 is 0 Å². The molecule has 0 radical (unpaired) electrons. The number of H-pyrrole nitrogens is 1. The van der Waals surface area contributed by atoms with Crippen molar-refractivity contribution in [1.29, 1.82) is 0 Å². The number of hydrogen-bond donors (Lipinski definition) is 3. The number of halogens is 1. The summed E-state index contributed by atoms with van der Waals surface area (Å²) in [5.74, 6) is 0.254. The van der Waals surface area contributed by atoms with Crippen molar-refractivity contribution >= 4 is 39.4 Å². The molecule has 0 fully saturated rings. The van der Waals surface area contributed by atoms with Gasteiger partial charge in [-0.15, -0.1) is 0 Å². The maximum Gasteiger partial charge on any atom is 0.142 e. The van der Waals surface area contributed by atoms with Crippen LogP contribution in [-0.2, 0) is 0 Å². The Balaban J connectivity index is 1.47. The van der Waals surface area contributed by atoms with Crippen LogP contribution in [-0.4, -0.2) is 20.2 Å². The van der Waals surface area contributed by atoms with Crippen molar-refractivity contribution < 1.29 is 4.39 Å². The van der Waals surface area contributed by atoms with Gasteiger partial charge in [0.15, 0.2) is 0 Å². The SMILES string of the molecule is C=C(CCC)Nc1cncc(-c2ccc3[nH]nc(C(=C)Nc4nccc(-c5ccsc5)c4C)c3c2F)c1. The van der Waals surface area contributed by atoms with Crippen LogP contribution in [0.15, 0.2) is 78.5 Å². The van der Waals surface area contributed by atoms with Crippen molar-refractivity contribution in [3.63, 3.8) is 0 Å². The molecule has 0 amide bonds. The van der Waals surface area contributed by atoms with Crippen LogP contribution in [0.4, 0.5) is 15.9 Å². The third kappa shape index (κ3) is 4.88. The van der Waals surface area contributed by atoms with Crippen molar-refractivity contribution in [3.8, 4) is 22.3 Å². The van der Waals surface area contributed by atoms with E-state index in [1.165, 1.54) is 0 Å². The van der Waals surface area contributed by atoms with E-state index in [1.807, 2.05) is 30.5 Å². The van der Waals surface area contributed by atoms with E-state index in [4.69, 9.17) is 0 Å². The number of thiophene rings is 1. The van der Waals surface area contributed by atoms with Gasteiger partial charge in [0.2, 0.25) is 0 Å². The molecule has 0 spiro atoms. The summed E-state index contributed by atoms with van der Waals surface area (Å²) in [5, 5.41) is 18.3. The standard InChI is InChI=1S/C29H27FN6S/c1-5-6-17(2)33-22-13-21(14-31-15-22)24-7-8-25-26(27(24)30)28(36-35-25)19(4)34-29-18(3)23(9-11-32-29)20-10-12-37-16-20/h7-16,33H,2,4-6H2,1,3H3,(H,32,34)(H,35,36). The summed E-state index contributed by atoms with van der Waals surface area (Å²) in [7, 11) is 0. The lowest BCUT2D eigenvalue weighted by Crippen LogP contribution is -2.03. The average Bonchev–Trinajstić information content (AvgIpc) is 3.57. The van der Waals surface area contributed by atoms with E-state index in [2.05, 4.69) is 62.3 Å². The highest BCUT2D eigenvalue weighted by Gasteiger charge is 2.19. The smallest absolute Gasteiger partial charge is 0.142 e. The molecule has 0 saturated heterocycles. The summed E-state index contributed by atoms with van der Waals surface area (Å²) in [6, 6.07) is 9.47. The third-order valence-electron chi connectivity index (χ3n) is 6.18. The molecule has 1 aromatic carbocycles. The first kappa shape index (κ1) is 24.4. The zero-order valence-corrected chi connectivity index (χ0v) is 21.5. The van der Waals surface area contributed by atoms with Gasteiger partial charge in [-0.05, 0) is 71.1 Å². The Kier molecular flexibility index (Phi) is 6.83. The number of fused-ring (bicyclic) bond motifs is 1. The maximum absolute atomic E-state index is 16.0. The van der Waals surface area contributed by atoms with E-state index in [-0.39, 0.29) is 0 Å². The second kappa shape index (κ2) is 10.4. The van der Waals surface area contributed by atoms with Crippen LogP contribution in [0, 0.1) is 12.7 Å². The van der Waals surface area contributed by atoms with E-state index >= 15 is 4.39 Å². The fourth-order valence-corrected chi connectivity index (χ4v) is 4.99. The molecule has 0 aliphatic heterocycles. The molecule has 5 aromatic rings. The summed E-state index contributed by atoms with van der Waals surface area (Å²) in [6.07, 6.45) is 6.94. The van der Waals surface area contributed by atoms with E-state index in [1.54, 1.807) is 36.0 Å². The minimum absolute atomic E-state index is 0.357. The van der Waals surface area contributed by atoms with Gasteiger partial charge in [0.1, 0.15) is 17.3 Å². The lowest BCUT2D eigenvalue weighted by atomic mass is 10.0. The van der Waals surface area contributed by atoms with Crippen molar-refractivity contribution in [2.24, 2.45) is 0 Å². The Bertz CT molecular complexity index is 1600. The van der Waals surface area contributed by atoms with Crippen LogP contribution < -0.4 is 10.6 Å². The quantitative estimate of drug-likeness (QED) is 0.187. The number of aromatic nitrogens is 4. The number of benzene rings is 1. The van der Waals surface area contributed by atoms with Gasteiger partial charge < -0.3 is 10.6 Å². The highest BCUT2D eigenvalue weighted by molar-refractivity contribution is 7.08. The Morgan fingerprint density at radius 1 is 1.08 bits per heavy atom. The molecule has 6 nitrogen and oxygen atoms in total. The monoisotopic (exact) mass is 510 g/mol. The van der Waals surface area contributed by atoms with Crippen LogP contribution in [0.2, 0.25) is 0 Å². The zero-order chi connectivity index (χ0) is 25.9. The van der Waals surface area contributed by atoms with Gasteiger partial charge in [-0.2, -0.15) is 16.4 Å². The van der Waals surface area contributed by atoms with E-state index in [0.717, 1.165) is 40.9 Å². The van der Waals surface area contributed by atoms with E-state index < -0.39 is 5.82 Å². The number of nitrogens with zero attached hydrogens (tertiary/aromatic N) is 3. The lowest BCUT2D eigenvalue weighted by molar-refractivity contribution is 0.643. The van der Waals surface area contributed by atoms with Gasteiger partial charge in [-0.25, -0.2) is 9.37 Å². The van der Waals surface area contributed by atoms with Crippen LogP contribution in [0.5, 0.6) is 0 Å².